The summed E-state index contributed by atoms with van der Waals surface area (Å²) in [6, 6.07) is 6.33. The van der Waals surface area contributed by atoms with Gasteiger partial charge in [-0.25, -0.2) is 9.59 Å². The number of carbonyl (C=O) groups is 2. The van der Waals surface area contributed by atoms with Gasteiger partial charge in [0.2, 0.25) is 11.2 Å². The van der Waals surface area contributed by atoms with Crippen LogP contribution in [0.25, 0.3) is 0 Å². The molecule has 4 atom stereocenters. The van der Waals surface area contributed by atoms with Gasteiger partial charge < -0.3 is 19.7 Å². The number of nitro groups is 1. The molecule has 2 N–H and O–H groups in total. The number of benzene rings is 1. The van der Waals surface area contributed by atoms with E-state index in [1.54, 1.807) is 30.3 Å². The van der Waals surface area contributed by atoms with Gasteiger partial charge in [0.05, 0.1) is 13.2 Å². The van der Waals surface area contributed by atoms with Crippen molar-refractivity contribution < 1.29 is 34.2 Å². The fourth-order valence-electron chi connectivity index (χ4n) is 4.01. The van der Waals surface area contributed by atoms with Crippen molar-refractivity contribution in [2.75, 3.05) is 13.2 Å². The number of hydrogen-bond acceptors (Lipinski definition) is 8. The summed E-state index contributed by atoms with van der Waals surface area (Å²) in [7, 11) is 0. The fraction of sp³-hybridized carbons (Fsp3) is 0.636. The average molecular weight is 437 g/mol. The lowest BCUT2D eigenvalue weighted by Gasteiger charge is -2.44. The van der Waals surface area contributed by atoms with Gasteiger partial charge in [0.1, 0.15) is 0 Å². The molecule has 1 fully saturated rings. The largest absolute Gasteiger partial charge is 0.463 e. The molecule has 0 bridgehead atoms. The van der Waals surface area contributed by atoms with Crippen LogP contribution in [0.5, 0.6) is 0 Å². The van der Waals surface area contributed by atoms with Gasteiger partial charge in [-0.2, -0.15) is 0 Å². The highest BCUT2D eigenvalue weighted by Gasteiger charge is 2.71. The van der Waals surface area contributed by atoms with Gasteiger partial charge in [-0.1, -0.05) is 57.0 Å². The van der Waals surface area contributed by atoms with Gasteiger partial charge in [0.25, 0.3) is 6.04 Å². The maximum Gasteiger partial charge on any atom is 0.345 e. The second kappa shape index (κ2) is 10.7. The summed E-state index contributed by atoms with van der Waals surface area (Å²) in [5, 5.41) is 34.5. The van der Waals surface area contributed by atoms with Crippen LogP contribution in [0.2, 0.25) is 0 Å². The summed E-state index contributed by atoms with van der Waals surface area (Å²) < 4.78 is 10.2. The van der Waals surface area contributed by atoms with E-state index in [0.29, 0.717) is 31.2 Å². The maximum atomic E-state index is 12.8. The molecule has 1 aromatic rings. The summed E-state index contributed by atoms with van der Waals surface area (Å²) >= 11 is 0. The second-order valence-electron chi connectivity index (χ2n) is 8.03. The highest BCUT2D eigenvalue weighted by Crippen LogP contribution is 2.46. The summed E-state index contributed by atoms with van der Waals surface area (Å²) in [5.74, 6) is -3.14. The van der Waals surface area contributed by atoms with Crippen molar-refractivity contribution in [2.24, 2.45) is 0 Å². The highest BCUT2D eigenvalue weighted by atomic mass is 16.6. The molecule has 0 radical (unpaired) electrons. The van der Waals surface area contributed by atoms with Crippen molar-refractivity contribution >= 4 is 11.9 Å². The Morgan fingerprint density at radius 3 is 1.84 bits per heavy atom. The number of esters is 2. The monoisotopic (exact) mass is 437 g/mol. The normalized spacial score (nSPS) is 28.0. The molecule has 9 nitrogen and oxygen atoms in total. The molecule has 2 unspecified atom stereocenters. The van der Waals surface area contributed by atoms with Crippen molar-refractivity contribution in [2.45, 2.75) is 75.5 Å². The van der Waals surface area contributed by atoms with E-state index >= 15 is 0 Å². The third-order valence-electron chi connectivity index (χ3n) is 5.67. The number of ether oxygens (including phenoxy) is 2. The van der Waals surface area contributed by atoms with Gasteiger partial charge >= 0.3 is 11.9 Å². The van der Waals surface area contributed by atoms with Crippen LogP contribution >= 0.6 is 0 Å². The van der Waals surface area contributed by atoms with E-state index < -0.39 is 40.0 Å². The van der Waals surface area contributed by atoms with Crippen LogP contribution in [0, 0.1) is 10.1 Å². The first-order chi connectivity index (χ1) is 14.7. The quantitative estimate of drug-likeness (QED) is 0.246. The van der Waals surface area contributed by atoms with E-state index in [-0.39, 0.29) is 26.1 Å². The Kier molecular flexibility index (Phi) is 8.52. The number of carbonyl (C=O) groups excluding carboxylic acids is 2. The summed E-state index contributed by atoms with van der Waals surface area (Å²) in [6.07, 6.45) is 1.72. The highest BCUT2D eigenvalue weighted by molar-refractivity contribution is 5.86. The molecule has 0 spiro atoms. The second-order valence-corrected chi connectivity index (χ2v) is 8.03. The molecule has 2 rings (SSSR count). The van der Waals surface area contributed by atoms with E-state index in [9.17, 15) is 29.9 Å². The van der Waals surface area contributed by atoms with Crippen molar-refractivity contribution in [1.82, 2.24) is 0 Å². The molecule has 1 aliphatic rings. The van der Waals surface area contributed by atoms with Crippen molar-refractivity contribution in [3.8, 4) is 0 Å². The van der Waals surface area contributed by atoms with Crippen LogP contribution in [0.3, 0.4) is 0 Å². The zero-order valence-electron chi connectivity index (χ0n) is 18.0. The molecular formula is C22H31NO8. The molecule has 1 aliphatic carbocycles. The predicted molar refractivity (Wildman–Crippen MR) is 111 cm³/mol. The van der Waals surface area contributed by atoms with Gasteiger partial charge in [-0.15, -0.1) is 0 Å². The standard InChI is InChI=1S/C22H31NO8/c1-3-5-12-30-19(24)21(26)14-17(16-10-8-7-9-11-16)15-22(27,18(21)23(28)29)20(25)31-13-6-4-2/h7-11,17-18,26-27H,3-6,12-15H2,1-2H3/t17?,18?,21-,22+. The Hall–Kier alpha value is -2.52. The van der Waals surface area contributed by atoms with Crippen LogP contribution in [-0.2, 0) is 19.1 Å². The van der Waals surface area contributed by atoms with Crippen molar-refractivity contribution in [1.29, 1.82) is 0 Å². The van der Waals surface area contributed by atoms with Gasteiger partial charge in [0, 0.05) is 17.8 Å². The molecule has 1 saturated carbocycles. The number of nitrogens with zero attached hydrogens (tertiary/aromatic N) is 1. The zero-order chi connectivity index (χ0) is 23.1. The Balaban J connectivity index is 2.48. The van der Waals surface area contributed by atoms with Crippen molar-refractivity contribution in [3.05, 3.63) is 46.0 Å². The molecule has 0 saturated heterocycles. The first-order valence-electron chi connectivity index (χ1n) is 10.7. The summed E-state index contributed by atoms with van der Waals surface area (Å²) in [5.41, 5.74) is -4.77. The lowest BCUT2D eigenvalue weighted by atomic mass is 9.64. The summed E-state index contributed by atoms with van der Waals surface area (Å²) in [6.45, 7) is 3.69. The van der Waals surface area contributed by atoms with Crippen LogP contribution in [0.4, 0.5) is 0 Å². The topological polar surface area (TPSA) is 136 Å². The minimum absolute atomic E-state index is 0.0303. The van der Waals surface area contributed by atoms with Gasteiger partial charge in [0.15, 0.2) is 0 Å². The van der Waals surface area contributed by atoms with Crippen LogP contribution < -0.4 is 0 Å². The number of aliphatic hydroxyl groups is 2. The molecular weight excluding hydrogens is 406 g/mol. The zero-order valence-corrected chi connectivity index (χ0v) is 18.0. The van der Waals surface area contributed by atoms with E-state index in [4.69, 9.17) is 9.47 Å². The molecule has 0 aromatic heterocycles. The molecule has 9 heteroatoms. The predicted octanol–water partition coefficient (Wildman–Crippen LogP) is 2.36. The third-order valence-corrected chi connectivity index (χ3v) is 5.67. The van der Waals surface area contributed by atoms with Crippen LogP contribution in [0.15, 0.2) is 30.3 Å². The molecule has 172 valence electrons. The fourth-order valence-corrected chi connectivity index (χ4v) is 4.01. The Morgan fingerprint density at radius 2 is 1.45 bits per heavy atom. The first kappa shape index (κ1) is 24.7. The number of hydrogen-bond donors (Lipinski definition) is 2. The average Bonchev–Trinajstić information content (AvgIpc) is 2.73. The molecule has 0 heterocycles. The lowest BCUT2D eigenvalue weighted by molar-refractivity contribution is -0.566. The Bertz CT molecular complexity index is 732. The summed E-state index contributed by atoms with van der Waals surface area (Å²) in [4.78, 5) is 36.6. The minimum Gasteiger partial charge on any atom is -0.463 e. The molecule has 0 aliphatic heterocycles. The van der Waals surface area contributed by atoms with Crippen molar-refractivity contribution in [3.63, 3.8) is 0 Å². The van der Waals surface area contributed by atoms with Gasteiger partial charge in [-0.05, 0) is 24.3 Å². The Labute approximate surface area is 181 Å². The minimum atomic E-state index is -2.70. The van der Waals surface area contributed by atoms with E-state index in [1.165, 1.54) is 0 Å². The van der Waals surface area contributed by atoms with Crippen LogP contribution in [0.1, 0.15) is 63.9 Å². The molecule has 1 aromatic carbocycles. The smallest absolute Gasteiger partial charge is 0.345 e. The SMILES string of the molecule is CCCCOC(=O)[C@]1(O)CC(c2ccccc2)C[C@](O)(C(=O)OCCCC)C1[N+](=O)[O-]. The molecule has 0 amide bonds. The molecule has 31 heavy (non-hydrogen) atoms. The maximum absolute atomic E-state index is 12.8. The van der Waals surface area contributed by atoms with Crippen LogP contribution in [-0.4, -0.2) is 57.5 Å². The lowest BCUT2D eigenvalue weighted by Crippen LogP contribution is -2.70. The Morgan fingerprint density at radius 1 is 1.00 bits per heavy atom. The number of rotatable bonds is 10. The van der Waals surface area contributed by atoms with E-state index in [2.05, 4.69) is 0 Å². The number of unbranched alkanes of at least 4 members (excludes halogenated alkanes) is 2. The third kappa shape index (κ3) is 5.40. The van der Waals surface area contributed by atoms with E-state index in [1.807, 2.05) is 13.8 Å². The first-order valence-corrected chi connectivity index (χ1v) is 10.7. The van der Waals surface area contributed by atoms with Gasteiger partial charge in [-0.3, -0.25) is 10.1 Å². The van der Waals surface area contributed by atoms with E-state index in [0.717, 1.165) is 0 Å².